The maximum atomic E-state index is 12.8. The van der Waals surface area contributed by atoms with Crippen molar-refractivity contribution in [2.75, 3.05) is 0 Å². The molecule has 0 radical (unpaired) electrons. The van der Waals surface area contributed by atoms with Gasteiger partial charge in [-0.2, -0.15) is 0 Å². The molecule has 27 heavy (non-hydrogen) atoms. The minimum atomic E-state index is -0.353. The minimum Gasteiger partial charge on any atom is -0.465 e. The van der Waals surface area contributed by atoms with E-state index in [1.807, 2.05) is 48.6 Å². The molecule has 138 valence electrons. The van der Waals surface area contributed by atoms with Gasteiger partial charge in [0.2, 0.25) is 0 Å². The first-order valence-electron chi connectivity index (χ1n) is 9.36. The highest BCUT2D eigenvalue weighted by atomic mass is 16.3. The summed E-state index contributed by atoms with van der Waals surface area (Å²) in [5, 5.41) is 0. The van der Waals surface area contributed by atoms with E-state index < -0.39 is 0 Å². The third kappa shape index (κ3) is 3.30. The van der Waals surface area contributed by atoms with Gasteiger partial charge < -0.3 is 8.83 Å². The first kappa shape index (κ1) is 17.6. The van der Waals surface area contributed by atoms with Crippen molar-refractivity contribution < 1.29 is 13.6 Å². The fraction of sp³-hybridized carbons (Fsp3) is 0.292. The Morgan fingerprint density at radius 1 is 1.00 bits per heavy atom. The molecule has 2 aliphatic carbocycles. The normalized spacial score (nSPS) is 30.8. The molecule has 2 bridgehead atoms. The van der Waals surface area contributed by atoms with Gasteiger partial charge in [0.25, 0.3) is 0 Å². The number of allylic oxidation sites excluding steroid dienone is 6. The molecular formula is C24H24O3. The molecule has 1 saturated carbocycles. The van der Waals surface area contributed by atoms with E-state index in [1.54, 1.807) is 12.5 Å². The van der Waals surface area contributed by atoms with Gasteiger partial charge in [0.15, 0.2) is 0 Å². The number of carbonyl (C=O) groups is 1. The van der Waals surface area contributed by atoms with E-state index in [4.69, 9.17) is 8.83 Å². The molecule has 3 atom stereocenters. The molecule has 2 aliphatic rings. The Morgan fingerprint density at radius 2 is 1.67 bits per heavy atom. The second-order valence-electron chi connectivity index (χ2n) is 7.95. The number of rotatable bonds is 5. The first-order valence-corrected chi connectivity index (χ1v) is 9.36. The quantitative estimate of drug-likeness (QED) is 0.606. The summed E-state index contributed by atoms with van der Waals surface area (Å²) in [5.41, 5.74) is 0.823. The number of ketones is 1. The average molecular weight is 360 g/mol. The molecule has 0 saturated heterocycles. The number of hydrogen-bond acceptors (Lipinski definition) is 3. The van der Waals surface area contributed by atoms with Crippen molar-refractivity contribution in [3.8, 4) is 0 Å². The topological polar surface area (TPSA) is 43.4 Å². The van der Waals surface area contributed by atoms with Gasteiger partial charge in [0, 0.05) is 17.3 Å². The van der Waals surface area contributed by atoms with Crippen LogP contribution in [-0.4, -0.2) is 5.78 Å². The van der Waals surface area contributed by atoms with Gasteiger partial charge >= 0.3 is 0 Å². The van der Waals surface area contributed by atoms with Crippen LogP contribution in [0.2, 0.25) is 0 Å². The molecule has 4 rings (SSSR count). The van der Waals surface area contributed by atoms with Crippen molar-refractivity contribution in [2.45, 2.75) is 26.7 Å². The van der Waals surface area contributed by atoms with E-state index in [9.17, 15) is 4.79 Å². The van der Waals surface area contributed by atoms with Crippen LogP contribution in [-0.2, 0) is 4.79 Å². The van der Waals surface area contributed by atoms with Crippen molar-refractivity contribution >= 4 is 17.9 Å². The molecule has 2 heterocycles. The lowest BCUT2D eigenvalue weighted by Gasteiger charge is -2.41. The van der Waals surface area contributed by atoms with Gasteiger partial charge in [-0.15, -0.1) is 0 Å². The average Bonchev–Trinajstić information content (AvgIpc) is 3.36. The van der Waals surface area contributed by atoms with Gasteiger partial charge in [0.1, 0.15) is 17.3 Å². The summed E-state index contributed by atoms with van der Waals surface area (Å²) in [6.07, 6.45) is 19.1. The van der Waals surface area contributed by atoms with E-state index in [0.29, 0.717) is 12.2 Å². The molecule has 0 spiro atoms. The van der Waals surface area contributed by atoms with Crippen LogP contribution >= 0.6 is 0 Å². The van der Waals surface area contributed by atoms with Crippen LogP contribution in [0.25, 0.3) is 12.2 Å². The lowest BCUT2D eigenvalue weighted by atomic mass is 9.61. The van der Waals surface area contributed by atoms with Crippen molar-refractivity contribution in [1.82, 2.24) is 0 Å². The van der Waals surface area contributed by atoms with Gasteiger partial charge in [-0.05, 0) is 61.3 Å². The summed E-state index contributed by atoms with van der Waals surface area (Å²) in [6, 6.07) is 7.59. The SMILES string of the molecule is CC12C=C(/C=C/C=C/c3ccco3)C(C)(C1)C(/C=C/c1ccco1)CC2=O. The molecular weight excluding hydrogens is 336 g/mol. The van der Waals surface area contributed by atoms with E-state index in [2.05, 4.69) is 32.1 Å². The highest BCUT2D eigenvalue weighted by Crippen LogP contribution is 2.59. The molecule has 0 amide bonds. The Labute approximate surface area is 159 Å². The second kappa shape index (κ2) is 6.73. The zero-order valence-corrected chi connectivity index (χ0v) is 15.7. The van der Waals surface area contributed by atoms with Crippen molar-refractivity contribution in [2.24, 2.45) is 16.7 Å². The van der Waals surface area contributed by atoms with Crippen LogP contribution < -0.4 is 0 Å². The highest BCUT2D eigenvalue weighted by molar-refractivity contribution is 5.90. The maximum Gasteiger partial charge on any atom is 0.143 e. The maximum absolute atomic E-state index is 12.8. The second-order valence-corrected chi connectivity index (χ2v) is 7.95. The van der Waals surface area contributed by atoms with E-state index >= 15 is 0 Å². The van der Waals surface area contributed by atoms with Crippen LogP contribution in [0.5, 0.6) is 0 Å². The number of furan rings is 2. The zero-order valence-electron chi connectivity index (χ0n) is 15.7. The third-order valence-electron chi connectivity index (χ3n) is 5.96. The van der Waals surface area contributed by atoms with Crippen molar-refractivity contribution in [3.63, 3.8) is 0 Å². The lowest BCUT2D eigenvalue weighted by Crippen LogP contribution is -2.39. The van der Waals surface area contributed by atoms with Gasteiger partial charge in [-0.3, -0.25) is 4.79 Å². The van der Waals surface area contributed by atoms with E-state index in [-0.39, 0.29) is 16.7 Å². The molecule has 0 N–H and O–H groups in total. The Hall–Kier alpha value is -2.81. The number of fused-ring (bicyclic) bond motifs is 2. The summed E-state index contributed by atoms with van der Waals surface area (Å²) < 4.78 is 10.7. The lowest BCUT2D eigenvalue weighted by molar-refractivity contribution is -0.130. The third-order valence-corrected chi connectivity index (χ3v) is 5.96. The predicted octanol–water partition coefficient (Wildman–Crippen LogP) is 6.09. The Kier molecular flexibility index (Phi) is 4.39. The van der Waals surface area contributed by atoms with Crippen LogP contribution in [0.15, 0.2) is 81.6 Å². The predicted molar refractivity (Wildman–Crippen MR) is 107 cm³/mol. The molecule has 1 fully saturated rings. The van der Waals surface area contributed by atoms with Crippen LogP contribution in [0.4, 0.5) is 0 Å². The fourth-order valence-electron chi connectivity index (χ4n) is 4.42. The zero-order chi connectivity index (χ0) is 18.9. The molecule has 0 aromatic carbocycles. The van der Waals surface area contributed by atoms with Gasteiger partial charge in [-0.25, -0.2) is 0 Å². The largest absolute Gasteiger partial charge is 0.465 e. The summed E-state index contributed by atoms with van der Waals surface area (Å²) in [7, 11) is 0. The summed E-state index contributed by atoms with van der Waals surface area (Å²) >= 11 is 0. The molecule has 2 aromatic heterocycles. The molecule has 3 unspecified atom stereocenters. The van der Waals surface area contributed by atoms with Gasteiger partial charge in [0.05, 0.1) is 12.5 Å². The standard InChI is InChI=1S/C24H24O3/c1-23-16-19(7-3-4-8-20-9-5-13-26-20)24(2,17-23)18(15-22(23)25)11-12-21-10-6-14-27-21/h3-14,16,18H,15,17H2,1-2H3/b7-3+,8-4+,12-11+. The molecule has 3 heteroatoms. The van der Waals surface area contributed by atoms with Crippen LogP contribution in [0.3, 0.4) is 0 Å². The Balaban J connectivity index is 1.58. The minimum absolute atomic E-state index is 0.0548. The van der Waals surface area contributed by atoms with Crippen LogP contribution in [0.1, 0.15) is 38.2 Å². The number of carbonyl (C=O) groups excluding carboxylic acids is 1. The molecule has 0 aliphatic heterocycles. The Morgan fingerprint density at radius 3 is 2.33 bits per heavy atom. The molecule has 3 nitrogen and oxygen atoms in total. The summed E-state index contributed by atoms with van der Waals surface area (Å²) in [5.74, 6) is 2.13. The molecule has 2 aromatic rings. The van der Waals surface area contributed by atoms with E-state index in [1.165, 1.54) is 5.57 Å². The number of hydrogen-bond donors (Lipinski definition) is 0. The Bertz CT molecular complexity index is 924. The highest BCUT2D eigenvalue weighted by Gasteiger charge is 2.54. The summed E-state index contributed by atoms with van der Waals surface area (Å²) in [4.78, 5) is 12.8. The van der Waals surface area contributed by atoms with E-state index in [0.717, 1.165) is 17.9 Å². The van der Waals surface area contributed by atoms with Gasteiger partial charge in [-0.1, -0.05) is 37.3 Å². The van der Waals surface area contributed by atoms with Crippen molar-refractivity contribution in [1.29, 1.82) is 0 Å². The summed E-state index contributed by atoms with van der Waals surface area (Å²) in [6.45, 7) is 4.34. The monoisotopic (exact) mass is 360 g/mol. The number of Topliss-reactive ketones (excluding diaryl/α,β-unsaturated/α-hetero) is 1. The smallest absolute Gasteiger partial charge is 0.143 e. The fourth-order valence-corrected chi connectivity index (χ4v) is 4.42. The first-order chi connectivity index (χ1) is 13.0. The van der Waals surface area contributed by atoms with Crippen molar-refractivity contribution in [3.05, 3.63) is 84.3 Å². The van der Waals surface area contributed by atoms with Crippen LogP contribution in [0, 0.1) is 16.7 Å².